The Balaban J connectivity index is 4.66. The van der Waals surface area contributed by atoms with E-state index < -0.39 is 18.2 Å². The number of rotatable bonds is 46. The molecule has 0 spiro atoms. The summed E-state index contributed by atoms with van der Waals surface area (Å²) in [7, 11) is 0. The first kappa shape index (κ1) is 59.3. The highest BCUT2D eigenvalue weighted by molar-refractivity contribution is 5.77. The summed E-state index contributed by atoms with van der Waals surface area (Å²) in [4.78, 5) is 26.2. The van der Waals surface area contributed by atoms with Crippen LogP contribution in [0.25, 0.3) is 0 Å². The van der Waals surface area contributed by atoms with Gasteiger partial charge < -0.3 is 20.3 Å². The lowest BCUT2D eigenvalue weighted by Gasteiger charge is -2.24. The molecule has 6 heteroatoms. The third-order valence-electron chi connectivity index (χ3n) is 11.5. The second-order valence-electron chi connectivity index (χ2n) is 17.5. The van der Waals surface area contributed by atoms with Crippen molar-refractivity contribution in [1.82, 2.24) is 5.32 Å². The maximum absolute atomic E-state index is 13.2. The van der Waals surface area contributed by atoms with E-state index in [-0.39, 0.29) is 24.9 Å². The number of carbonyl (C=O) groups is 2. The van der Waals surface area contributed by atoms with Crippen LogP contribution in [-0.2, 0) is 14.3 Å². The largest absolute Gasteiger partial charge is 0.462 e. The zero-order chi connectivity index (χ0) is 45.2. The van der Waals surface area contributed by atoms with Crippen LogP contribution in [0.1, 0.15) is 245 Å². The number of hydrogen-bond acceptors (Lipinski definition) is 5. The summed E-state index contributed by atoms with van der Waals surface area (Å²) in [5.74, 6) is -0.522. The van der Waals surface area contributed by atoms with Crippen LogP contribution in [0.5, 0.6) is 0 Å². The van der Waals surface area contributed by atoms with Crippen molar-refractivity contribution in [3.8, 4) is 0 Å². The van der Waals surface area contributed by atoms with Gasteiger partial charge in [-0.25, -0.2) is 0 Å². The molecule has 0 heterocycles. The van der Waals surface area contributed by atoms with Gasteiger partial charge in [0.1, 0.15) is 6.10 Å². The van der Waals surface area contributed by atoms with Gasteiger partial charge in [-0.15, -0.1) is 0 Å². The molecule has 0 saturated heterocycles. The van der Waals surface area contributed by atoms with E-state index >= 15 is 0 Å². The van der Waals surface area contributed by atoms with Gasteiger partial charge in [0, 0.05) is 6.42 Å². The molecule has 358 valence electrons. The Hall–Kier alpha value is -2.70. The summed E-state index contributed by atoms with van der Waals surface area (Å²) in [5.41, 5.74) is 0. The number of esters is 1. The molecule has 0 saturated carbocycles. The lowest BCUT2D eigenvalue weighted by Crippen LogP contribution is -2.46. The van der Waals surface area contributed by atoms with Gasteiger partial charge in [-0.1, -0.05) is 209 Å². The number of ether oxygens (including phenoxy) is 1. The Kier molecular flexibility index (Phi) is 47.2. The fourth-order valence-electron chi connectivity index (χ4n) is 7.57. The van der Waals surface area contributed by atoms with Crippen LogP contribution in [0.4, 0.5) is 0 Å². The van der Waals surface area contributed by atoms with E-state index in [1.807, 2.05) is 0 Å². The van der Waals surface area contributed by atoms with E-state index in [9.17, 15) is 19.8 Å². The SMILES string of the molecule is CC/C=C/C/C=C/C/C=C/CCCCCCC(CC(=O)NC(CO)C(O)CCCCCCCCCCCCCC)OC(=O)CCCCCC/C=C\C/C=C\C/C=C\CCCCC. The summed E-state index contributed by atoms with van der Waals surface area (Å²) < 4.78 is 5.92. The Bertz CT molecular complexity index is 1150. The molecule has 0 aliphatic carbocycles. The Morgan fingerprint density at radius 3 is 1.35 bits per heavy atom. The van der Waals surface area contributed by atoms with Crippen molar-refractivity contribution < 1.29 is 24.5 Å². The average molecular weight is 866 g/mol. The van der Waals surface area contributed by atoms with Crippen LogP contribution in [0.2, 0.25) is 0 Å². The van der Waals surface area contributed by atoms with Crippen LogP contribution >= 0.6 is 0 Å². The second-order valence-corrected chi connectivity index (χ2v) is 17.5. The number of allylic oxidation sites excluding steroid dienone is 12. The number of carbonyl (C=O) groups excluding carboxylic acids is 2. The molecule has 0 aromatic carbocycles. The molecular formula is C56H99NO5. The molecule has 0 aromatic heterocycles. The minimum absolute atomic E-state index is 0.0509. The first-order valence-corrected chi connectivity index (χ1v) is 26.2. The maximum Gasteiger partial charge on any atom is 0.306 e. The van der Waals surface area contributed by atoms with E-state index in [1.165, 1.54) is 83.5 Å². The van der Waals surface area contributed by atoms with Gasteiger partial charge in [0.15, 0.2) is 0 Å². The lowest BCUT2D eigenvalue weighted by molar-refractivity contribution is -0.151. The van der Waals surface area contributed by atoms with Crippen molar-refractivity contribution in [1.29, 1.82) is 0 Å². The number of amides is 1. The number of aliphatic hydroxyl groups excluding tert-OH is 2. The summed E-state index contributed by atoms with van der Waals surface area (Å²) in [6, 6.07) is -0.716. The predicted molar refractivity (Wildman–Crippen MR) is 268 cm³/mol. The molecule has 6 nitrogen and oxygen atoms in total. The maximum atomic E-state index is 13.2. The molecule has 0 radical (unpaired) electrons. The van der Waals surface area contributed by atoms with Crippen LogP contribution in [0.15, 0.2) is 72.9 Å². The Morgan fingerprint density at radius 2 is 0.871 bits per heavy atom. The fourth-order valence-corrected chi connectivity index (χ4v) is 7.57. The lowest BCUT2D eigenvalue weighted by atomic mass is 10.0. The van der Waals surface area contributed by atoms with E-state index in [0.29, 0.717) is 19.3 Å². The molecule has 3 unspecified atom stereocenters. The molecule has 0 fully saturated rings. The van der Waals surface area contributed by atoms with Gasteiger partial charge in [0.2, 0.25) is 5.91 Å². The van der Waals surface area contributed by atoms with Crippen molar-refractivity contribution in [3.63, 3.8) is 0 Å². The molecule has 0 aliphatic heterocycles. The standard InChI is InChI=1S/C56H99NO5/c1-4-7-10-13-16-19-22-25-27-28-29-31-34-37-40-43-46-49-56(61)62-52(47-44-41-38-35-32-30-26-23-20-17-14-11-8-5-2)50-55(60)57-53(51-58)54(59)48-45-42-39-36-33-24-21-18-15-12-9-6-3/h8,11,16-17,19-20,25-27,29-31,52-54,58-59H,4-7,9-10,12-15,18,21-24,28,32-51H2,1-3H3,(H,57,60)/b11-8+,19-16-,20-17+,27-25-,30-26+,31-29-. The molecule has 3 N–H and O–H groups in total. The highest BCUT2D eigenvalue weighted by atomic mass is 16.5. The average Bonchev–Trinajstić information content (AvgIpc) is 3.26. The van der Waals surface area contributed by atoms with Crippen molar-refractivity contribution >= 4 is 11.9 Å². The van der Waals surface area contributed by atoms with Crippen molar-refractivity contribution in [2.75, 3.05) is 6.61 Å². The first-order chi connectivity index (χ1) is 30.5. The van der Waals surface area contributed by atoms with Crippen LogP contribution in [0.3, 0.4) is 0 Å². The third-order valence-corrected chi connectivity index (χ3v) is 11.5. The fraction of sp³-hybridized carbons (Fsp3) is 0.750. The van der Waals surface area contributed by atoms with Gasteiger partial charge in [0.05, 0.1) is 25.2 Å². The predicted octanol–water partition coefficient (Wildman–Crippen LogP) is 15.8. The third kappa shape index (κ3) is 43.9. The van der Waals surface area contributed by atoms with E-state index in [4.69, 9.17) is 4.74 Å². The van der Waals surface area contributed by atoms with Gasteiger partial charge >= 0.3 is 5.97 Å². The Morgan fingerprint density at radius 1 is 0.484 bits per heavy atom. The quantitative estimate of drug-likeness (QED) is 0.0322. The molecule has 0 aromatic rings. The zero-order valence-corrected chi connectivity index (χ0v) is 40.7. The summed E-state index contributed by atoms with van der Waals surface area (Å²) in [6.07, 6.45) is 62.4. The van der Waals surface area contributed by atoms with E-state index in [0.717, 1.165) is 116 Å². The number of nitrogens with one attached hydrogen (secondary N) is 1. The van der Waals surface area contributed by atoms with Gasteiger partial charge in [-0.05, 0) is 96.3 Å². The van der Waals surface area contributed by atoms with Crippen LogP contribution in [0, 0.1) is 0 Å². The Labute approximate surface area is 383 Å². The zero-order valence-electron chi connectivity index (χ0n) is 40.7. The smallest absolute Gasteiger partial charge is 0.306 e. The summed E-state index contributed by atoms with van der Waals surface area (Å²) in [5, 5.41) is 23.8. The number of aliphatic hydroxyl groups is 2. The second kappa shape index (κ2) is 49.3. The number of hydrogen-bond donors (Lipinski definition) is 3. The van der Waals surface area contributed by atoms with Gasteiger partial charge in [-0.2, -0.15) is 0 Å². The molecule has 0 rings (SSSR count). The molecule has 3 atom stereocenters. The van der Waals surface area contributed by atoms with Gasteiger partial charge in [0.25, 0.3) is 0 Å². The normalized spacial score (nSPS) is 13.8. The summed E-state index contributed by atoms with van der Waals surface area (Å²) >= 11 is 0. The molecule has 62 heavy (non-hydrogen) atoms. The highest BCUT2D eigenvalue weighted by Gasteiger charge is 2.24. The molecule has 0 bridgehead atoms. The minimum atomic E-state index is -0.800. The number of unbranched alkanes of at least 4 members (excludes halogenated alkanes) is 22. The highest BCUT2D eigenvalue weighted by Crippen LogP contribution is 2.17. The molecule has 1 amide bonds. The first-order valence-electron chi connectivity index (χ1n) is 26.2. The van der Waals surface area contributed by atoms with Crippen LogP contribution < -0.4 is 5.32 Å². The molecule has 0 aliphatic rings. The monoisotopic (exact) mass is 866 g/mol. The van der Waals surface area contributed by atoms with Crippen molar-refractivity contribution in [2.24, 2.45) is 0 Å². The van der Waals surface area contributed by atoms with E-state index in [2.05, 4.69) is 99.0 Å². The minimum Gasteiger partial charge on any atom is -0.462 e. The van der Waals surface area contributed by atoms with E-state index in [1.54, 1.807) is 0 Å². The topological polar surface area (TPSA) is 95.9 Å². The van der Waals surface area contributed by atoms with Crippen LogP contribution in [-0.4, -0.2) is 46.9 Å². The molecular weight excluding hydrogens is 767 g/mol. The van der Waals surface area contributed by atoms with Crippen molar-refractivity contribution in [3.05, 3.63) is 72.9 Å². The summed E-state index contributed by atoms with van der Waals surface area (Å²) in [6.45, 7) is 6.33. The van der Waals surface area contributed by atoms with Gasteiger partial charge in [-0.3, -0.25) is 9.59 Å². The van der Waals surface area contributed by atoms with Crippen molar-refractivity contribution in [2.45, 2.75) is 264 Å².